The van der Waals surface area contributed by atoms with Gasteiger partial charge in [0.1, 0.15) is 11.3 Å². The number of thiocarbonyl (C=S) groups is 1. The number of fused-ring (bicyclic) bond motifs is 1. The van der Waals surface area contributed by atoms with Crippen LogP contribution in [0.4, 0.5) is 10.8 Å². The zero-order valence-corrected chi connectivity index (χ0v) is 10.1. The molecule has 0 saturated heterocycles. The molecule has 7 heteroatoms. The van der Waals surface area contributed by atoms with Gasteiger partial charge in [0.25, 0.3) is 0 Å². The highest BCUT2D eigenvalue weighted by Gasteiger charge is 2.09. The number of thiazole rings is 1. The molecular weight excluding hydrogens is 244 g/mol. The molecular formula is C9H10N4OS2. The topological polar surface area (TPSA) is 86.2 Å². The van der Waals surface area contributed by atoms with Crippen molar-refractivity contribution >= 4 is 49.7 Å². The van der Waals surface area contributed by atoms with E-state index >= 15 is 0 Å². The lowest BCUT2D eigenvalue weighted by Crippen LogP contribution is -2.18. The minimum Gasteiger partial charge on any atom is -0.494 e. The van der Waals surface area contributed by atoms with Gasteiger partial charge in [-0.15, -0.1) is 0 Å². The highest BCUT2D eigenvalue weighted by molar-refractivity contribution is 7.80. The average molecular weight is 254 g/mol. The highest BCUT2D eigenvalue weighted by Crippen LogP contribution is 2.34. The van der Waals surface area contributed by atoms with Crippen LogP contribution in [0.1, 0.15) is 0 Å². The second-order valence-electron chi connectivity index (χ2n) is 3.07. The summed E-state index contributed by atoms with van der Waals surface area (Å²) in [7, 11) is 1.58. The lowest BCUT2D eigenvalue weighted by molar-refractivity contribution is 0.419. The molecule has 1 heterocycles. The first-order chi connectivity index (χ1) is 7.60. The number of nitrogen functional groups attached to an aromatic ring is 1. The van der Waals surface area contributed by atoms with Gasteiger partial charge in [-0.1, -0.05) is 11.3 Å². The monoisotopic (exact) mass is 254 g/mol. The summed E-state index contributed by atoms with van der Waals surface area (Å²) < 4.78 is 6.15. The number of nitrogens with zero attached hydrogens (tertiary/aromatic N) is 1. The van der Waals surface area contributed by atoms with Gasteiger partial charge in [0.2, 0.25) is 0 Å². The SMILES string of the molecule is COc1cc(NC(N)=S)cc2sc(N)nc12. The van der Waals surface area contributed by atoms with Crippen molar-refractivity contribution in [2.45, 2.75) is 0 Å². The Morgan fingerprint density at radius 3 is 2.94 bits per heavy atom. The molecule has 0 bridgehead atoms. The number of aromatic nitrogens is 1. The van der Waals surface area contributed by atoms with Gasteiger partial charge >= 0.3 is 0 Å². The molecule has 5 N–H and O–H groups in total. The summed E-state index contributed by atoms with van der Waals surface area (Å²) >= 11 is 6.16. The third kappa shape index (κ3) is 2.00. The fraction of sp³-hybridized carbons (Fsp3) is 0.111. The third-order valence-electron chi connectivity index (χ3n) is 1.96. The number of nitrogens with two attached hydrogens (primary N) is 2. The van der Waals surface area contributed by atoms with E-state index in [-0.39, 0.29) is 5.11 Å². The molecule has 2 aromatic rings. The average Bonchev–Trinajstić information content (AvgIpc) is 2.56. The number of nitrogens with one attached hydrogen (secondary N) is 1. The molecule has 0 fully saturated rings. The molecule has 16 heavy (non-hydrogen) atoms. The lowest BCUT2D eigenvalue weighted by Gasteiger charge is -2.06. The lowest BCUT2D eigenvalue weighted by atomic mass is 10.2. The van der Waals surface area contributed by atoms with Crippen molar-refractivity contribution in [3.63, 3.8) is 0 Å². The fourth-order valence-electron chi connectivity index (χ4n) is 1.39. The second kappa shape index (κ2) is 4.11. The minimum absolute atomic E-state index is 0.207. The van der Waals surface area contributed by atoms with Crippen LogP contribution in [-0.2, 0) is 0 Å². The molecule has 1 aromatic carbocycles. The van der Waals surface area contributed by atoms with Gasteiger partial charge in [-0.05, 0) is 18.3 Å². The number of hydrogen-bond acceptors (Lipinski definition) is 5. The van der Waals surface area contributed by atoms with E-state index in [4.69, 9.17) is 28.4 Å². The summed E-state index contributed by atoms with van der Waals surface area (Å²) in [5.74, 6) is 0.643. The molecule has 0 aliphatic carbocycles. The molecule has 0 spiro atoms. The van der Waals surface area contributed by atoms with Crippen molar-refractivity contribution in [3.8, 4) is 5.75 Å². The van der Waals surface area contributed by atoms with Gasteiger partial charge in [0, 0.05) is 11.8 Å². The quantitative estimate of drug-likeness (QED) is 0.705. The molecule has 84 valence electrons. The van der Waals surface area contributed by atoms with Gasteiger partial charge in [-0.3, -0.25) is 0 Å². The van der Waals surface area contributed by atoms with Crippen LogP contribution in [0.2, 0.25) is 0 Å². The van der Waals surface area contributed by atoms with Crippen molar-refractivity contribution in [1.82, 2.24) is 4.98 Å². The number of rotatable bonds is 2. The Balaban J connectivity index is 2.57. The number of methoxy groups -OCH3 is 1. The Morgan fingerprint density at radius 1 is 1.56 bits per heavy atom. The van der Waals surface area contributed by atoms with Crippen LogP contribution < -0.4 is 21.5 Å². The van der Waals surface area contributed by atoms with Gasteiger partial charge in [0.15, 0.2) is 10.2 Å². The van der Waals surface area contributed by atoms with Crippen LogP contribution in [0.15, 0.2) is 12.1 Å². The molecule has 0 atom stereocenters. The summed E-state index contributed by atoms with van der Waals surface area (Å²) in [6, 6.07) is 3.66. The summed E-state index contributed by atoms with van der Waals surface area (Å²) in [5, 5.41) is 3.56. The van der Waals surface area contributed by atoms with E-state index in [2.05, 4.69) is 10.3 Å². The highest BCUT2D eigenvalue weighted by atomic mass is 32.1. The van der Waals surface area contributed by atoms with E-state index in [1.807, 2.05) is 6.07 Å². The van der Waals surface area contributed by atoms with Crippen LogP contribution in [0.3, 0.4) is 0 Å². The van der Waals surface area contributed by atoms with Gasteiger partial charge in [0.05, 0.1) is 11.8 Å². The summed E-state index contributed by atoms with van der Waals surface area (Å²) in [5.41, 5.74) is 12.6. The van der Waals surface area contributed by atoms with Crippen molar-refractivity contribution in [1.29, 1.82) is 0 Å². The predicted octanol–water partition coefficient (Wildman–Crippen LogP) is 1.54. The largest absolute Gasteiger partial charge is 0.494 e. The van der Waals surface area contributed by atoms with E-state index in [0.29, 0.717) is 10.9 Å². The van der Waals surface area contributed by atoms with Crippen molar-refractivity contribution in [2.24, 2.45) is 5.73 Å². The zero-order valence-electron chi connectivity index (χ0n) is 8.48. The molecule has 0 unspecified atom stereocenters. The molecule has 5 nitrogen and oxygen atoms in total. The van der Waals surface area contributed by atoms with Crippen molar-refractivity contribution in [2.75, 3.05) is 18.2 Å². The molecule has 0 aliphatic heterocycles. The van der Waals surface area contributed by atoms with Gasteiger partial charge in [-0.2, -0.15) is 0 Å². The summed E-state index contributed by atoms with van der Waals surface area (Å²) in [4.78, 5) is 4.18. The summed E-state index contributed by atoms with van der Waals surface area (Å²) in [6.07, 6.45) is 0. The maximum atomic E-state index is 5.65. The minimum atomic E-state index is 0.207. The maximum Gasteiger partial charge on any atom is 0.181 e. The normalized spacial score (nSPS) is 10.3. The Kier molecular flexibility index (Phi) is 2.80. The van der Waals surface area contributed by atoms with E-state index in [9.17, 15) is 0 Å². The molecule has 0 amide bonds. The number of benzene rings is 1. The van der Waals surface area contributed by atoms with Crippen molar-refractivity contribution < 1.29 is 4.74 Å². The van der Waals surface area contributed by atoms with E-state index in [1.54, 1.807) is 13.2 Å². The zero-order chi connectivity index (χ0) is 11.7. The van der Waals surface area contributed by atoms with Crippen LogP contribution >= 0.6 is 23.6 Å². The number of anilines is 2. The second-order valence-corrected chi connectivity index (χ2v) is 4.57. The van der Waals surface area contributed by atoms with Crippen LogP contribution in [0, 0.1) is 0 Å². The van der Waals surface area contributed by atoms with E-state index < -0.39 is 0 Å². The maximum absolute atomic E-state index is 5.65. The van der Waals surface area contributed by atoms with Crippen LogP contribution in [-0.4, -0.2) is 17.2 Å². The number of hydrogen-bond donors (Lipinski definition) is 3. The molecule has 0 saturated carbocycles. The Bertz CT molecular complexity index is 552. The Hall–Kier alpha value is -1.60. The Morgan fingerprint density at radius 2 is 2.31 bits per heavy atom. The third-order valence-corrected chi connectivity index (χ3v) is 2.90. The number of ether oxygens (including phenoxy) is 1. The van der Waals surface area contributed by atoms with Gasteiger partial charge < -0.3 is 21.5 Å². The first-order valence-electron chi connectivity index (χ1n) is 4.40. The first-order valence-corrected chi connectivity index (χ1v) is 5.63. The van der Waals surface area contributed by atoms with Crippen LogP contribution in [0.5, 0.6) is 5.75 Å². The van der Waals surface area contributed by atoms with Crippen molar-refractivity contribution in [3.05, 3.63) is 12.1 Å². The fourth-order valence-corrected chi connectivity index (χ4v) is 2.29. The van der Waals surface area contributed by atoms with E-state index in [0.717, 1.165) is 15.9 Å². The standard InChI is InChI=1S/C9H10N4OS2/c1-14-5-2-4(12-8(10)15)3-6-7(5)13-9(11)16-6/h2-3H,1H3,(H2,11,13)(H3,10,12,15). The summed E-state index contributed by atoms with van der Waals surface area (Å²) in [6.45, 7) is 0. The molecule has 0 aliphatic rings. The molecule has 1 aromatic heterocycles. The van der Waals surface area contributed by atoms with E-state index in [1.165, 1.54) is 11.3 Å². The molecule has 2 rings (SSSR count). The van der Waals surface area contributed by atoms with Crippen LogP contribution in [0.25, 0.3) is 10.2 Å². The Labute approximate surface area is 101 Å². The smallest absolute Gasteiger partial charge is 0.181 e. The van der Waals surface area contributed by atoms with Gasteiger partial charge in [-0.25, -0.2) is 4.98 Å². The predicted molar refractivity (Wildman–Crippen MR) is 71.0 cm³/mol. The first kappa shape index (κ1) is 10.9. The molecule has 0 radical (unpaired) electrons.